The van der Waals surface area contributed by atoms with Crippen LogP contribution in [0.4, 0.5) is 19.1 Å². The number of aromatic nitrogens is 5. The van der Waals surface area contributed by atoms with Gasteiger partial charge in [0.2, 0.25) is 5.95 Å². The number of amides is 1. The first-order chi connectivity index (χ1) is 12.9. The highest BCUT2D eigenvalue weighted by molar-refractivity contribution is 6.03. The summed E-state index contributed by atoms with van der Waals surface area (Å²) in [7, 11) is 1.85. The quantitative estimate of drug-likeness (QED) is 0.712. The summed E-state index contributed by atoms with van der Waals surface area (Å²) in [5, 5.41) is 10.7. The first-order valence-corrected chi connectivity index (χ1v) is 8.29. The maximum absolute atomic E-state index is 13.8. The van der Waals surface area contributed by atoms with Crippen LogP contribution in [-0.4, -0.2) is 30.5 Å². The maximum Gasteiger partial charge on any atom is 0.261 e. The van der Waals surface area contributed by atoms with Crippen LogP contribution in [0.15, 0.2) is 24.5 Å². The van der Waals surface area contributed by atoms with E-state index in [0.29, 0.717) is 24.9 Å². The summed E-state index contributed by atoms with van der Waals surface area (Å²) in [5.41, 5.74) is 0.475. The van der Waals surface area contributed by atoms with Crippen molar-refractivity contribution in [3.63, 3.8) is 0 Å². The second-order valence-electron chi connectivity index (χ2n) is 6.39. The number of aryl methyl sites for hydroxylation is 2. The van der Waals surface area contributed by atoms with Crippen LogP contribution in [-0.2, 0) is 20.0 Å². The molecule has 0 bridgehead atoms. The van der Waals surface area contributed by atoms with Crippen molar-refractivity contribution in [1.82, 2.24) is 24.5 Å². The van der Waals surface area contributed by atoms with Gasteiger partial charge in [0.25, 0.3) is 5.91 Å². The van der Waals surface area contributed by atoms with Gasteiger partial charge in [-0.05, 0) is 24.1 Å². The molecule has 3 heterocycles. The van der Waals surface area contributed by atoms with Gasteiger partial charge in [-0.1, -0.05) is 0 Å². The Balaban J connectivity index is 1.52. The third-order valence-corrected chi connectivity index (χ3v) is 4.56. The number of carbonyl (C=O) groups is 1. The van der Waals surface area contributed by atoms with Gasteiger partial charge in [-0.2, -0.15) is 10.1 Å². The molecule has 0 radical (unpaired) electrons. The fraction of sp³-hybridized carbons (Fsp3) is 0.294. The van der Waals surface area contributed by atoms with Crippen molar-refractivity contribution in [3.8, 4) is 0 Å². The normalized spacial score (nSPS) is 16.2. The van der Waals surface area contributed by atoms with Crippen molar-refractivity contribution in [2.45, 2.75) is 25.3 Å². The summed E-state index contributed by atoms with van der Waals surface area (Å²) >= 11 is 0. The Morgan fingerprint density at radius 1 is 1.26 bits per heavy atom. The van der Waals surface area contributed by atoms with Crippen molar-refractivity contribution in [1.29, 1.82) is 0 Å². The number of nitrogens with one attached hydrogen (secondary N) is 1. The first-order valence-electron chi connectivity index (χ1n) is 8.29. The Labute approximate surface area is 151 Å². The zero-order valence-electron chi connectivity index (χ0n) is 14.3. The van der Waals surface area contributed by atoms with E-state index in [1.165, 1.54) is 0 Å². The molecule has 3 aromatic rings. The summed E-state index contributed by atoms with van der Waals surface area (Å²) < 4.78 is 43.5. The van der Waals surface area contributed by atoms with Gasteiger partial charge in [-0.3, -0.25) is 14.8 Å². The fourth-order valence-electron chi connectivity index (χ4n) is 3.16. The summed E-state index contributed by atoms with van der Waals surface area (Å²) in [5.74, 6) is -4.64. The average Bonchev–Trinajstić information content (AvgIpc) is 3.24. The molecular weight excluding hydrogens is 361 g/mol. The van der Waals surface area contributed by atoms with Gasteiger partial charge in [0, 0.05) is 25.6 Å². The molecule has 4 rings (SSSR count). The molecule has 0 spiro atoms. The zero-order chi connectivity index (χ0) is 19.1. The molecule has 1 aliphatic rings. The van der Waals surface area contributed by atoms with Crippen LogP contribution in [0.3, 0.4) is 0 Å². The van der Waals surface area contributed by atoms with E-state index in [1.54, 1.807) is 15.6 Å². The van der Waals surface area contributed by atoms with Crippen molar-refractivity contribution < 1.29 is 18.0 Å². The lowest BCUT2D eigenvalue weighted by molar-refractivity contribution is 0.102. The highest BCUT2D eigenvalue weighted by atomic mass is 19.2. The molecule has 1 atom stereocenters. The van der Waals surface area contributed by atoms with Crippen molar-refractivity contribution in [2.75, 3.05) is 5.32 Å². The second kappa shape index (κ2) is 6.53. The van der Waals surface area contributed by atoms with Gasteiger partial charge in [0.1, 0.15) is 5.82 Å². The molecule has 0 saturated heterocycles. The molecule has 7 nitrogen and oxygen atoms in total. The van der Waals surface area contributed by atoms with Crippen LogP contribution >= 0.6 is 0 Å². The van der Waals surface area contributed by atoms with Crippen LogP contribution in [0.5, 0.6) is 0 Å². The molecule has 27 heavy (non-hydrogen) atoms. The monoisotopic (exact) mass is 376 g/mol. The molecule has 10 heteroatoms. The van der Waals surface area contributed by atoms with Crippen LogP contribution in [0.25, 0.3) is 0 Å². The average molecular weight is 376 g/mol. The van der Waals surface area contributed by atoms with E-state index in [1.807, 2.05) is 13.2 Å². The summed E-state index contributed by atoms with van der Waals surface area (Å²) in [6.07, 6.45) is 5.26. The molecule has 1 N–H and O–H groups in total. The standard InChI is InChI=1S/C17H15F3N6O/c1-25-7-10(6-21-25)9-2-5-13-22-17(24-26(13)8-9)23-16(27)11-3-4-12(18)15(20)14(11)19/h3-4,6-7,9H,2,5,8H2,1H3,(H,23,24,27). The van der Waals surface area contributed by atoms with Crippen LogP contribution in [0.1, 0.15) is 34.1 Å². The molecule has 0 saturated carbocycles. The van der Waals surface area contributed by atoms with Gasteiger partial charge < -0.3 is 0 Å². The highest BCUT2D eigenvalue weighted by Gasteiger charge is 2.25. The molecular formula is C17H15F3N6O. The largest absolute Gasteiger partial charge is 0.289 e. The number of hydrogen-bond donors (Lipinski definition) is 1. The molecule has 1 amide bonds. The predicted octanol–water partition coefficient (Wildman–Crippen LogP) is 2.41. The summed E-state index contributed by atoms with van der Waals surface area (Å²) in [6.45, 7) is 0.573. The minimum Gasteiger partial charge on any atom is -0.289 e. The van der Waals surface area contributed by atoms with Gasteiger partial charge in [0.05, 0.1) is 18.3 Å². The van der Waals surface area contributed by atoms with Gasteiger partial charge in [-0.15, -0.1) is 5.10 Å². The van der Waals surface area contributed by atoms with E-state index in [4.69, 9.17) is 0 Å². The lowest BCUT2D eigenvalue weighted by Gasteiger charge is -2.21. The number of anilines is 1. The molecule has 0 aliphatic carbocycles. The number of carbonyl (C=O) groups excluding carboxylic acids is 1. The number of hydrogen-bond acceptors (Lipinski definition) is 4. The van der Waals surface area contributed by atoms with Crippen molar-refractivity contribution >= 4 is 11.9 Å². The number of rotatable bonds is 3. The van der Waals surface area contributed by atoms with Gasteiger partial charge >= 0.3 is 0 Å². The first kappa shape index (κ1) is 17.3. The fourth-order valence-corrected chi connectivity index (χ4v) is 3.16. The Morgan fingerprint density at radius 2 is 2.07 bits per heavy atom. The second-order valence-corrected chi connectivity index (χ2v) is 6.39. The third-order valence-electron chi connectivity index (χ3n) is 4.56. The van der Waals surface area contributed by atoms with Crippen LogP contribution < -0.4 is 5.32 Å². The lowest BCUT2D eigenvalue weighted by atomic mass is 9.94. The van der Waals surface area contributed by atoms with E-state index in [9.17, 15) is 18.0 Å². The number of halogens is 3. The smallest absolute Gasteiger partial charge is 0.261 e. The molecule has 1 unspecified atom stereocenters. The van der Waals surface area contributed by atoms with Crippen molar-refractivity contribution in [3.05, 3.63) is 58.9 Å². The molecule has 0 fully saturated rings. The van der Waals surface area contributed by atoms with E-state index < -0.39 is 28.9 Å². The molecule has 140 valence electrons. The molecule has 1 aliphatic heterocycles. The third kappa shape index (κ3) is 3.18. The number of benzene rings is 1. The number of nitrogens with zero attached hydrogens (tertiary/aromatic N) is 5. The van der Waals surface area contributed by atoms with E-state index in [-0.39, 0.29) is 11.9 Å². The van der Waals surface area contributed by atoms with Crippen LogP contribution in [0.2, 0.25) is 0 Å². The minimum atomic E-state index is -1.70. The predicted molar refractivity (Wildman–Crippen MR) is 88.6 cm³/mol. The molecule has 1 aromatic carbocycles. The minimum absolute atomic E-state index is 0.00836. The number of fused-ring (bicyclic) bond motifs is 1. The SMILES string of the molecule is Cn1cc(C2CCc3nc(NC(=O)c4ccc(F)c(F)c4F)nn3C2)cn1. The summed E-state index contributed by atoms with van der Waals surface area (Å²) in [6, 6.07) is 1.56. The topological polar surface area (TPSA) is 77.6 Å². The Bertz CT molecular complexity index is 1030. The van der Waals surface area contributed by atoms with E-state index in [2.05, 4.69) is 20.5 Å². The van der Waals surface area contributed by atoms with Crippen molar-refractivity contribution in [2.24, 2.45) is 7.05 Å². The van der Waals surface area contributed by atoms with Crippen LogP contribution in [0, 0.1) is 17.5 Å². The maximum atomic E-state index is 13.8. The van der Waals surface area contributed by atoms with Gasteiger partial charge in [0.15, 0.2) is 17.5 Å². The molecule has 2 aromatic heterocycles. The Hall–Kier alpha value is -3.17. The Kier molecular flexibility index (Phi) is 4.17. The van der Waals surface area contributed by atoms with E-state index >= 15 is 0 Å². The Morgan fingerprint density at radius 3 is 2.81 bits per heavy atom. The highest BCUT2D eigenvalue weighted by Crippen LogP contribution is 2.28. The summed E-state index contributed by atoms with van der Waals surface area (Å²) in [4.78, 5) is 16.4. The zero-order valence-corrected chi connectivity index (χ0v) is 14.3. The lowest BCUT2D eigenvalue weighted by Crippen LogP contribution is -2.20. The van der Waals surface area contributed by atoms with Gasteiger partial charge in [-0.25, -0.2) is 17.9 Å². The van der Waals surface area contributed by atoms with E-state index in [0.717, 1.165) is 18.1 Å².